The number of nitrogens with zero attached hydrogens (tertiary/aromatic N) is 2. The summed E-state index contributed by atoms with van der Waals surface area (Å²) in [5.74, 6) is 0.00860. The maximum atomic E-state index is 13.0. The molecule has 0 aliphatic heterocycles. The fraction of sp³-hybridized carbons (Fsp3) is 0.0400. The monoisotopic (exact) mass is 459 g/mol. The van der Waals surface area contributed by atoms with Gasteiger partial charge in [0.1, 0.15) is 11.5 Å². The lowest BCUT2D eigenvalue weighted by Crippen LogP contribution is -2.26. The molecule has 0 saturated carbocycles. The summed E-state index contributed by atoms with van der Waals surface area (Å²) in [6.07, 6.45) is 1.38. The standard InChI is InChI=1S/C25H18ClN3O4/c26-22-15-19(29(31)32)11-13-21(22)23-14-12-20(33-23)16-27-28-25(30)24(17-7-3-1-4-8-17)18-9-5-2-6-10-18/h1-16,24H,(H,28,30)/b27-16-. The van der Waals surface area contributed by atoms with Crippen molar-refractivity contribution in [1.82, 2.24) is 5.43 Å². The molecule has 3 aromatic carbocycles. The number of amides is 1. The molecule has 164 valence electrons. The topological polar surface area (TPSA) is 97.7 Å². The Morgan fingerprint density at radius 2 is 1.61 bits per heavy atom. The minimum Gasteiger partial charge on any atom is -0.455 e. The fourth-order valence-corrected chi connectivity index (χ4v) is 3.66. The van der Waals surface area contributed by atoms with Crippen molar-refractivity contribution in [3.8, 4) is 11.3 Å². The zero-order chi connectivity index (χ0) is 23.2. The lowest BCUT2D eigenvalue weighted by Gasteiger charge is -2.16. The zero-order valence-electron chi connectivity index (χ0n) is 17.2. The number of hydrazone groups is 1. The molecule has 0 fully saturated rings. The Hall–Kier alpha value is -4.23. The van der Waals surface area contributed by atoms with Crippen LogP contribution < -0.4 is 5.43 Å². The van der Waals surface area contributed by atoms with Crippen LogP contribution in [0.5, 0.6) is 0 Å². The van der Waals surface area contributed by atoms with Crippen molar-refractivity contribution < 1.29 is 14.1 Å². The second-order valence-electron chi connectivity index (χ2n) is 7.11. The minimum atomic E-state index is -0.518. The largest absolute Gasteiger partial charge is 0.455 e. The molecular weight excluding hydrogens is 442 g/mol. The molecule has 0 unspecified atom stereocenters. The first-order chi connectivity index (χ1) is 16.0. The fourth-order valence-electron chi connectivity index (χ4n) is 3.39. The van der Waals surface area contributed by atoms with Gasteiger partial charge in [0.25, 0.3) is 11.6 Å². The van der Waals surface area contributed by atoms with Gasteiger partial charge in [0, 0.05) is 17.7 Å². The van der Waals surface area contributed by atoms with Gasteiger partial charge in [0.05, 0.1) is 22.1 Å². The van der Waals surface area contributed by atoms with Crippen molar-refractivity contribution in [3.63, 3.8) is 0 Å². The highest BCUT2D eigenvalue weighted by atomic mass is 35.5. The third-order valence-electron chi connectivity index (χ3n) is 4.95. The van der Waals surface area contributed by atoms with Gasteiger partial charge >= 0.3 is 0 Å². The van der Waals surface area contributed by atoms with Crippen molar-refractivity contribution in [2.45, 2.75) is 5.92 Å². The van der Waals surface area contributed by atoms with E-state index in [0.29, 0.717) is 17.1 Å². The van der Waals surface area contributed by atoms with Crippen molar-refractivity contribution in [2.75, 3.05) is 0 Å². The van der Waals surface area contributed by atoms with Crippen molar-refractivity contribution in [1.29, 1.82) is 0 Å². The number of benzene rings is 3. The maximum Gasteiger partial charge on any atom is 0.270 e. The average Bonchev–Trinajstić information content (AvgIpc) is 3.29. The molecule has 0 radical (unpaired) electrons. The number of carbonyl (C=O) groups excluding carboxylic acids is 1. The van der Waals surface area contributed by atoms with Crippen molar-refractivity contribution in [2.24, 2.45) is 5.10 Å². The Morgan fingerprint density at radius 3 is 2.18 bits per heavy atom. The first-order valence-electron chi connectivity index (χ1n) is 10.00. The van der Waals surface area contributed by atoms with Crippen LogP contribution in [-0.4, -0.2) is 17.0 Å². The summed E-state index contributed by atoms with van der Waals surface area (Å²) < 4.78 is 5.71. The molecule has 0 atom stereocenters. The molecule has 8 heteroatoms. The van der Waals surface area contributed by atoms with E-state index >= 15 is 0 Å². The highest BCUT2D eigenvalue weighted by Crippen LogP contribution is 2.32. The number of carbonyl (C=O) groups is 1. The second kappa shape index (κ2) is 9.93. The van der Waals surface area contributed by atoms with E-state index in [-0.39, 0.29) is 16.6 Å². The quantitative estimate of drug-likeness (QED) is 0.215. The van der Waals surface area contributed by atoms with Crippen LogP contribution in [0, 0.1) is 10.1 Å². The number of nitrogens with one attached hydrogen (secondary N) is 1. The minimum absolute atomic E-state index is 0.105. The lowest BCUT2D eigenvalue weighted by molar-refractivity contribution is -0.384. The molecule has 1 heterocycles. The number of halogens is 1. The van der Waals surface area contributed by atoms with Gasteiger partial charge in [-0.25, -0.2) is 5.43 Å². The molecular formula is C25H18ClN3O4. The zero-order valence-corrected chi connectivity index (χ0v) is 18.0. The van der Waals surface area contributed by atoms with E-state index in [9.17, 15) is 14.9 Å². The van der Waals surface area contributed by atoms with Crippen LogP contribution in [0.3, 0.4) is 0 Å². The number of rotatable bonds is 7. The van der Waals surface area contributed by atoms with Gasteiger partial charge in [-0.15, -0.1) is 0 Å². The van der Waals surface area contributed by atoms with E-state index in [2.05, 4.69) is 10.5 Å². The number of hydrogen-bond acceptors (Lipinski definition) is 5. The van der Waals surface area contributed by atoms with E-state index < -0.39 is 10.8 Å². The summed E-state index contributed by atoms with van der Waals surface area (Å²) in [7, 11) is 0. The van der Waals surface area contributed by atoms with Crippen LogP contribution in [0.1, 0.15) is 22.8 Å². The van der Waals surface area contributed by atoms with Crippen LogP contribution in [0.15, 0.2) is 101 Å². The first kappa shape index (κ1) is 22.0. The smallest absolute Gasteiger partial charge is 0.270 e. The predicted molar refractivity (Wildman–Crippen MR) is 126 cm³/mol. The number of nitro benzene ring substituents is 1. The molecule has 1 amide bonds. The number of hydrogen-bond donors (Lipinski definition) is 1. The van der Waals surface area contributed by atoms with Crippen LogP contribution in [0.2, 0.25) is 5.02 Å². The van der Waals surface area contributed by atoms with Crippen LogP contribution >= 0.6 is 11.6 Å². The lowest BCUT2D eigenvalue weighted by atomic mass is 9.91. The van der Waals surface area contributed by atoms with Gasteiger partial charge in [-0.1, -0.05) is 72.3 Å². The molecule has 4 rings (SSSR count). The molecule has 33 heavy (non-hydrogen) atoms. The SMILES string of the molecule is O=C(N/N=C\c1ccc(-c2ccc([N+](=O)[O-])cc2Cl)o1)C(c1ccccc1)c1ccccc1. The number of furan rings is 1. The van der Waals surface area contributed by atoms with E-state index in [1.165, 1.54) is 24.4 Å². The molecule has 4 aromatic rings. The van der Waals surface area contributed by atoms with Gasteiger partial charge < -0.3 is 4.42 Å². The third kappa shape index (κ3) is 5.16. The van der Waals surface area contributed by atoms with Crippen LogP contribution in [0.4, 0.5) is 5.69 Å². The summed E-state index contributed by atoms with van der Waals surface area (Å²) in [6, 6.07) is 26.4. The highest BCUT2D eigenvalue weighted by molar-refractivity contribution is 6.33. The van der Waals surface area contributed by atoms with Crippen LogP contribution in [0.25, 0.3) is 11.3 Å². The maximum absolute atomic E-state index is 13.0. The Morgan fingerprint density at radius 1 is 0.970 bits per heavy atom. The molecule has 0 aliphatic carbocycles. The van der Waals surface area contributed by atoms with Gasteiger partial charge in [0.15, 0.2) is 0 Å². The molecule has 1 N–H and O–H groups in total. The van der Waals surface area contributed by atoms with E-state index in [0.717, 1.165) is 11.1 Å². The van der Waals surface area contributed by atoms with Crippen molar-refractivity contribution >= 4 is 29.4 Å². The Kier molecular flexibility index (Phi) is 6.61. The predicted octanol–water partition coefficient (Wildman–Crippen LogP) is 5.79. The molecule has 0 saturated heterocycles. The second-order valence-corrected chi connectivity index (χ2v) is 7.52. The summed E-state index contributed by atoms with van der Waals surface area (Å²) in [6.45, 7) is 0. The van der Waals surface area contributed by atoms with E-state index in [1.807, 2.05) is 60.7 Å². The summed E-state index contributed by atoms with van der Waals surface area (Å²) in [5.41, 5.74) is 4.69. The average molecular weight is 460 g/mol. The molecule has 7 nitrogen and oxygen atoms in total. The van der Waals surface area contributed by atoms with E-state index in [4.69, 9.17) is 16.0 Å². The highest BCUT2D eigenvalue weighted by Gasteiger charge is 2.22. The number of non-ortho nitro benzene ring substituents is 1. The van der Waals surface area contributed by atoms with Gasteiger partial charge in [-0.2, -0.15) is 5.10 Å². The van der Waals surface area contributed by atoms with Crippen molar-refractivity contribution in [3.05, 3.63) is 123 Å². The van der Waals surface area contributed by atoms with Crippen LogP contribution in [-0.2, 0) is 4.79 Å². The van der Waals surface area contributed by atoms with E-state index in [1.54, 1.807) is 12.1 Å². The molecule has 1 aromatic heterocycles. The van der Waals surface area contributed by atoms with Gasteiger partial charge in [-0.05, 0) is 29.3 Å². The Balaban J connectivity index is 1.49. The number of nitro groups is 1. The summed E-state index contributed by atoms with van der Waals surface area (Å²) >= 11 is 6.16. The Bertz CT molecular complexity index is 1260. The summed E-state index contributed by atoms with van der Waals surface area (Å²) in [5, 5.41) is 15.1. The molecule has 0 bridgehead atoms. The summed E-state index contributed by atoms with van der Waals surface area (Å²) in [4.78, 5) is 23.3. The molecule has 0 spiro atoms. The van der Waals surface area contributed by atoms with Gasteiger partial charge in [0.2, 0.25) is 0 Å². The third-order valence-corrected chi connectivity index (χ3v) is 5.26. The van der Waals surface area contributed by atoms with Gasteiger partial charge in [-0.3, -0.25) is 14.9 Å². The molecule has 0 aliphatic rings. The first-order valence-corrected chi connectivity index (χ1v) is 10.4. The Labute approximate surface area is 194 Å². The normalized spacial score (nSPS) is 11.1.